The van der Waals surface area contributed by atoms with E-state index in [4.69, 9.17) is 0 Å². The molecule has 0 bridgehead atoms. The van der Waals surface area contributed by atoms with Crippen molar-refractivity contribution in [1.29, 1.82) is 0 Å². The first-order valence-electron chi connectivity index (χ1n) is 8.73. The van der Waals surface area contributed by atoms with Gasteiger partial charge in [-0.25, -0.2) is 0 Å². The summed E-state index contributed by atoms with van der Waals surface area (Å²) >= 11 is 0. The maximum absolute atomic E-state index is 12.7. The maximum atomic E-state index is 12.7. The molecule has 0 saturated carbocycles. The number of nitrogens with one attached hydrogen (secondary N) is 2. The van der Waals surface area contributed by atoms with Crippen LogP contribution in [0.15, 0.2) is 54.7 Å². The molecule has 2 rings (SSSR count). The number of fused-ring (bicyclic) bond motifs is 1. The maximum Gasteiger partial charge on any atom is 0.246 e. The highest BCUT2D eigenvalue weighted by molar-refractivity contribution is 5.97. The van der Waals surface area contributed by atoms with E-state index in [9.17, 15) is 4.79 Å². The summed E-state index contributed by atoms with van der Waals surface area (Å²) in [5, 5.41) is 8.64. The molecule has 0 spiro atoms. The van der Waals surface area contributed by atoms with Crippen LogP contribution in [0, 0.1) is 5.92 Å². The van der Waals surface area contributed by atoms with Gasteiger partial charge in [0.15, 0.2) is 0 Å². The smallest absolute Gasteiger partial charge is 0.246 e. The number of anilines is 1. The summed E-state index contributed by atoms with van der Waals surface area (Å²) < 4.78 is 0. The second kappa shape index (κ2) is 8.53. The van der Waals surface area contributed by atoms with E-state index in [0.29, 0.717) is 5.92 Å². The molecule has 1 atom stereocenters. The van der Waals surface area contributed by atoms with Crippen LogP contribution in [-0.4, -0.2) is 11.9 Å². The van der Waals surface area contributed by atoms with Crippen LogP contribution in [-0.2, 0) is 4.79 Å². The third-order valence-electron chi connectivity index (χ3n) is 3.97. The minimum absolute atomic E-state index is 0.00349. The Hall–Kier alpha value is -2.29. The van der Waals surface area contributed by atoms with E-state index in [1.54, 1.807) is 0 Å². The van der Waals surface area contributed by atoms with E-state index in [1.165, 1.54) is 5.39 Å². The third-order valence-corrected chi connectivity index (χ3v) is 3.97. The van der Waals surface area contributed by atoms with E-state index in [1.807, 2.05) is 30.3 Å². The second-order valence-corrected chi connectivity index (χ2v) is 6.73. The number of hydrogen-bond donors (Lipinski definition) is 2. The molecule has 0 saturated heterocycles. The summed E-state index contributed by atoms with van der Waals surface area (Å²) in [6.07, 6.45) is 2.69. The van der Waals surface area contributed by atoms with Crippen molar-refractivity contribution in [1.82, 2.24) is 5.32 Å². The highest BCUT2D eigenvalue weighted by Crippen LogP contribution is 2.19. The standard InChI is InChI=1S/C21H28N2O/c1-5-8-16(4)22-20(13-15(2)3)21(24)23-19-12-11-17-9-6-7-10-18(17)14-19/h6-7,9-12,14-15,20,22H,4-5,8,13H2,1-3H3,(H,23,24)/t20-/m0/s1. The quantitative estimate of drug-likeness (QED) is 0.709. The highest BCUT2D eigenvalue weighted by Gasteiger charge is 2.20. The molecule has 2 N–H and O–H groups in total. The molecule has 0 unspecified atom stereocenters. The van der Waals surface area contributed by atoms with Crippen molar-refractivity contribution in [3.8, 4) is 0 Å². The van der Waals surface area contributed by atoms with E-state index in [2.05, 4.69) is 50.1 Å². The largest absolute Gasteiger partial charge is 0.378 e. The van der Waals surface area contributed by atoms with E-state index < -0.39 is 0 Å². The normalized spacial score (nSPS) is 12.2. The summed E-state index contributed by atoms with van der Waals surface area (Å²) in [6, 6.07) is 13.9. The van der Waals surface area contributed by atoms with Gasteiger partial charge < -0.3 is 10.6 Å². The lowest BCUT2D eigenvalue weighted by Gasteiger charge is -2.22. The molecule has 2 aromatic carbocycles. The Balaban J connectivity index is 2.10. The van der Waals surface area contributed by atoms with E-state index >= 15 is 0 Å². The molecule has 0 fully saturated rings. The molecule has 0 radical (unpaired) electrons. The summed E-state index contributed by atoms with van der Waals surface area (Å²) in [6.45, 7) is 10.4. The highest BCUT2D eigenvalue weighted by atomic mass is 16.2. The molecule has 0 aliphatic rings. The Bertz CT molecular complexity index is 706. The fourth-order valence-corrected chi connectivity index (χ4v) is 2.82. The van der Waals surface area contributed by atoms with Crippen LogP contribution >= 0.6 is 0 Å². The van der Waals surface area contributed by atoms with Crippen molar-refractivity contribution >= 4 is 22.4 Å². The summed E-state index contributed by atoms with van der Waals surface area (Å²) in [5.41, 5.74) is 1.76. The molecular formula is C21H28N2O. The number of benzene rings is 2. The van der Waals surface area contributed by atoms with E-state index in [0.717, 1.165) is 36.0 Å². The Labute approximate surface area is 145 Å². The number of allylic oxidation sites excluding steroid dienone is 1. The third kappa shape index (κ3) is 5.12. The lowest BCUT2D eigenvalue weighted by atomic mass is 10.0. The first kappa shape index (κ1) is 18.1. The van der Waals surface area contributed by atoms with Crippen LogP contribution in [0.1, 0.15) is 40.0 Å². The Morgan fingerprint density at radius 3 is 2.50 bits per heavy atom. The van der Waals surface area contributed by atoms with Crippen LogP contribution in [0.25, 0.3) is 10.8 Å². The minimum atomic E-state index is -0.254. The number of carbonyl (C=O) groups excluding carboxylic acids is 1. The van der Waals surface area contributed by atoms with Gasteiger partial charge in [-0.05, 0) is 41.7 Å². The molecule has 2 aromatic rings. The van der Waals surface area contributed by atoms with Gasteiger partial charge in [-0.2, -0.15) is 0 Å². The Kier molecular flexibility index (Phi) is 6.42. The predicted molar refractivity (Wildman–Crippen MR) is 103 cm³/mol. The molecule has 0 aromatic heterocycles. The van der Waals surface area contributed by atoms with Crippen LogP contribution in [0.4, 0.5) is 5.69 Å². The van der Waals surface area contributed by atoms with Crippen LogP contribution in [0.3, 0.4) is 0 Å². The Morgan fingerprint density at radius 1 is 1.12 bits per heavy atom. The molecule has 3 nitrogen and oxygen atoms in total. The molecular weight excluding hydrogens is 296 g/mol. The van der Waals surface area contributed by atoms with Gasteiger partial charge in [0.05, 0.1) is 0 Å². The van der Waals surface area contributed by atoms with Crippen molar-refractivity contribution < 1.29 is 4.79 Å². The van der Waals surface area contributed by atoms with Crippen LogP contribution in [0.2, 0.25) is 0 Å². The summed E-state index contributed by atoms with van der Waals surface area (Å²) in [7, 11) is 0. The lowest BCUT2D eigenvalue weighted by Crippen LogP contribution is -2.40. The van der Waals surface area contributed by atoms with Crippen LogP contribution < -0.4 is 10.6 Å². The zero-order valence-corrected chi connectivity index (χ0v) is 14.9. The summed E-state index contributed by atoms with van der Waals surface area (Å²) in [4.78, 5) is 12.7. The van der Waals surface area contributed by atoms with Gasteiger partial charge in [-0.1, -0.05) is 64.1 Å². The van der Waals surface area contributed by atoms with Gasteiger partial charge in [-0.3, -0.25) is 4.79 Å². The van der Waals surface area contributed by atoms with Crippen molar-refractivity contribution in [2.75, 3.05) is 5.32 Å². The Morgan fingerprint density at radius 2 is 1.83 bits per heavy atom. The molecule has 0 aliphatic heterocycles. The first-order valence-corrected chi connectivity index (χ1v) is 8.73. The van der Waals surface area contributed by atoms with Gasteiger partial charge in [0.1, 0.15) is 6.04 Å². The fraction of sp³-hybridized carbons (Fsp3) is 0.381. The van der Waals surface area contributed by atoms with E-state index in [-0.39, 0.29) is 11.9 Å². The first-order chi connectivity index (χ1) is 11.5. The molecule has 128 valence electrons. The molecule has 0 aliphatic carbocycles. The second-order valence-electron chi connectivity index (χ2n) is 6.73. The SMILES string of the molecule is C=C(CCC)N[C@@H](CC(C)C)C(=O)Nc1ccc2ccccc2c1. The minimum Gasteiger partial charge on any atom is -0.378 e. The zero-order valence-electron chi connectivity index (χ0n) is 14.9. The van der Waals surface area contributed by atoms with Gasteiger partial charge in [0, 0.05) is 11.4 Å². The predicted octanol–water partition coefficient (Wildman–Crippen LogP) is 5.10. The molecule has 0 heterocycles. The van der Waals surface area contributed by atoms with Gasteiger partial charge in [0.25, 0.3) is 0 Å². The molecule has 1 amide bonds. The average Bonchev–Trinajstić information content (AvgIpc) is 2.54. The van der Waals surface area contributed by atoms with Gasteiger partial charge >= 0.3 is 0 Å². The van der Waals surface area contributed by atoms with Crippen molar-refractivity contribution in [3.05, 3.63) is 54.7 Å². The number of carbonyl (C=O) groups is 1. The van der Waals surface area contributed by atoms with Gasteiger partial charge in [0.2, 0.25) is 5.91 Å². The zero-order chi connectivity index (χ0) is 17.5. The van der Waals surface area contributed by atoms with Crippen molar-refractivity contribution in [2.24, 2.45) is 5.92 Å². The molecule has 3 heteroatoms. The molecule has 24 heavy (non-hydrogen) atoms. The number of hydrogen-bond acceptors (Lipinski definition) is 2. The topological polar surface area (TPSA) is 41.1 Å². The lowest BCUT2D eigenvalue weighted by molar-refractivity contribution is -0.118. The van der Waals surface area contributed by atoms with Crippen LogP contribution in [0.5, 0.6) is 0 Å². The fourth-order valence-electron chi connectivity index (χ4n) is 2.82. The van der Waals surface area contributed by atoms with Crippen molar-refractivity contribution in [2.45, 2.75) is 46.1 Å². The van der Waals surface area contributed by atoms with Gasteiger partial charge in [-0.15, -0.1) is 0 Å². The van der Waals surface area contributed by atoms with Crippen molar-refractivity contribution in [3.63, 3.8) is 0 Å². The average molecular weight is 324 g/mol. The summed E-state index contributed by atoms with van der Waals surface area (Å²) in [5.74, 6) is 0.426. The number of amides is 1. The monoisotopic (exact) mass is 324 g/mol. The number of rotatable bonds is 8.